The highest BCUT2D eigenvalue weighted by molar-refractivity contribution is 9.10. The highest BCUT2D eigenvalue weighted by atomic mass is 79.9. The first kappa shape index (κ1) is 13.8. The van der Waals surface area contributed by atoms with Gasteiger partial charge >= 0.3 is 0 Å². The Hall–Kier alpha value is -1.16. The summed E-state index contributed by atoms with van der Waals surface area (Å²) in [6, 6.07) is 8.10. The van der Waals surface area contributed by atoms with Crippen LogP contribution in [0.15, 0.2) is 28.7 Å². The smallest absolute Gasteiger partial charge is 0.230 e. The van der Waals surface area contributed by atoms with E-state index in [0.717, 1.165) is 35.7 Å². The van der Waals surface area contributed by atoms with E-state index in [1.54, 1.807) is 4.90 Å². The number of likely N-dealkylation sites (tertiary alicyclic amines) is 1. The van der Waals surface area contributed by atoms with Gasteiger partial charge in [-0.3, -0.25) is 14.5 Å². The van der Waals surface area contributed by atoms with Crippen molar-refractivity contribution >= 4 is 27.7 Å². The SMILES string of the molecule is O=C1CC(c2ccc(Br)cc2)CC(=O)N1C1CCCC1. The van der Waals surface area contributed by atoms with Crippen LogP contribution in [0.4, 0.5) is 0 Å². The minimum atomic E-state index is 0.0149. The van der Waals surface area contributed by atoms with E-state index in [1.807, 2.05) is 24.3 Å². The largest absolute Gasteiger partial charge is 0.279 e. The molecule has 20 heavy (non-hydrogen) atoms. The van der Waals surface area contributed by atoms with Gasteiger partial charge < -0.3 is 0 Å². The summed E-state index contributed by atoms with van der Waals surface area (Å²) >= 11 is 3.41. The van der Waals surface area contributed by atoms with Gasteiger partial charge in [0, 0.05) is 29.3 Å². The summed E-state index contributed by atoms with van der Waals surface area (Å²) in [4.78, 5) is 26.2. The predicted octanol–water partition coefficient (Wildman–Crippen LogP) is 3.62. The van der Waals surface area contributed by atoms with Crippen LogP contribution in [0.5, 0.6) is 0 Å². The molecular weight excluding hydrogens is 318 g/mol. The maximum absolute atomic E-state index is 12.3. The molecule has 1 aromatic carbocycles. The average Bonchev–Trinajstić information content (AvgIpc) is 2.92. The zero-order chi connectivity index (χ0) is 14.1. The molecule has 106 valence electrons. The first-order valence-electron chi connectivity index (χ1n) is 7.25. The zero-order valence-electron chi connectivity index (χ0n) is 11.3. The number of hydrogen-bond donors (Lipinski definition) is 0. The Kier molecular flexibility index (Phi) is 3.92. The molecule has 2 fully saturated rings. The second-order valence-electron chi connectivity index (χ2n) is 5.75. The van der Waals surface area contributed by atoms with Crippen molar-refractivity contribution in [3.05, 3.63) is 34.3 Å². The topological polar surface area (TPSA) is 37.4 Å². The minimum Gasteiger partial charge on any atom is -0.279 e. The van der Waals surface area contributed by atoms with E-state index in [1.165, 1.54) is 0 Å². The number of hydrogen-bond acceptors (Lipinski definition) is 2. The van der Waals surface area contributed by atoms with Crippen LogP contribution in [0.2, 0.25) is 0 Å². The van der Waals surface area contributed by atoms with Gasteiger partial charge in [-0.1, -0.05) is 40.9 Å². The number of carbonyl (C=O) groups excluding carboxylic acids is 2. The summed E-state index contributed by atoms with van der Waals surface area (Å²) in [7, 11) is 0. The van der Waals surface area contributed by atoms with Crippen LogP contribution in [0.1, 0.15) is 50.0 Å². The van der Waals surface area contributed by atoms with Crippen LogP contribution >= 0.6 is 15.9 Å². The van der Waals surface area contributed by atoms with E-state index >= 15 is 0 Å². The second-order valence-corrected chi connectivity index (χ2v) is 6.67. The number of halogens is 1. The van der Waals surface area contributed by atoms with Crippen molar-refractivity contribution in [2.75, 3.05) is 0 Å². The van der Waals surface area contributed by atoms with Crippen molar-refractivity contribution in [3.8, 4) is 0 Å². The summed E-state index contributed by atoms with van der Waals surface area (Å²) in [5, 5.41) is 0. The van der Waals surface area contributed by atoms with Gasteiger partial charge in [-0.25, -0.2) is 0 Å². The fraction of sp³-hybridized carbons (Fsp3) is 0.500. The van der Waals surface area contributed by atoms with Gasteiger partial charge in [0.25, 0.3) is 0 Å². The third kappa shape index (κ3) is 2.66. The average molecular weight is 336 g/mol. The molecular formula is C16H18BrNO2. The summed E-state index contributed by atoms with van der Waals surface area (Å²) in [5.41, 5.74) is 1.08. The van der Waals surface area contributed by atoms with Crippen LogP contribution in [-0.2, 0) is 9.59 Å². The van der Waals surface area contributed by atoms with Gasteiger partial charge in [-0.15, -0.1) is 0 Å². The number of amides is 2. The van der Waals surface area contributed by atoms with Gasteiger partial charge in [0.05, 0.1) is 0 Å². The highest BCUT2D eigenvalue weighted by Crippen LogP contribution is 2.34. The fourth-order valence-corrected chi connectivity index (χ4v) is 3.63. The van der Waals surface area contributed by atoms with Gasteiger partial charge in [-0.05, 0) is 30.5 Å². The van der Waals surface area contributed by atoms with Crippen molar-refractivity contribution in [1.29, 1.82) is 0 Å². The lowest BCUT2D eigenvalue weighted by Crippen LogP contribution is -2.47. The van der Waals surface area contributed by atoms with E-state index in [9.17, 15) is 9.59 Å². The molecule has 4 heteroatoms. The number of piperidine rings is 1. The molecule has 3 nitrogen and oxygen atoms in total. The van der Waals surface area contributed by atoms with Crippen LogP contribution in [0.3, 0.4) is 0 Å². The summed E-state index contributed by atoms with van der Waals surface area (Å²) < 4.78 is 1.02. The van der Waals surface area contributed by atoms with Gasteiger partial charge in [0.15, 0.2) is 0 Å². The molecule has 3 rings (SSSR count). The Morgan fingerprint density at radius 2 is 1.50 bits per heavy atom. The second kappa shape index (κ2) is 5.68. The minimum absolute atomic E-state index is 0.0149. The molecule has 0 spiro atoms. The summed E-state index contributed by atoms with van der Waals surface area (Å²) in [5.74, 6) is 0.0721. The summed E-state index contributed by atoms with van der Waals surface area (Å²) in [6.45, 7) is 0. The van der Waals surface area contributed by atoms with E-state index < -0.39 is 0 Å². The highest BCUT2D eigenvalue weighted by Gasteiger charge is 2.38. The maximum Gasteiger partial charge on any atom is 0.230 e. The van der Waals surface area contributed by atoms with Crippen molar-refractivity contribution in [1.82, 2.24) is 4.90 Å². The van der Waals surface area contributed by atoms with E-state index in [0.29, 0.717) is 12.8 Å². The number of rotatable bonds is 2. The zero-order valence-corrected chi connectivity index (χ0v) is 12.9. The fourth-order valence-electron chi connectivity index (χ4n) is 3.37. The van der Waals surface area contributed by atoms with Crippen LogP contribution in [0, 0.1) is 0 Å². The maximum atomic E-state index is 12.3. The van der Waals surface area contributed by atoms with Crippen molar-refractivity contribution in [2.45, 2.75) is 50.5 Å². The lowest BCUT2D eigenvalue weighted by atomic mass is 9.88. The van der Waals surface area contributed by atoms with E-state index in [4.69, 9.17) is 0 Å². The molecule has 1 saturated heterocycles. The molecule has 2 aliphatic rings. The third-order valence-electron chi connectivity index (χ3n) is 4.41. The quantitative estimate of drug-likeness (QED) is 0.774. The Balaban J connectivity index is 1.75. The molecule has 1 heterocycles. The normalized spacial score (nSPS) is 21.8. The Bertz CT molecular complexity index is 502. The number of nitrogens with zero attached hydrogens (tertiary/aromatic N) is 1. The Morgan fingerprint density at radius 1 is 0.950 bits per heavy atom. The van der Waals surface area contributed by atoms with Gasteiger partial charge in [-0.2, -0.15) is 0 Å². The van der Waals surface area contributed by atoms with Crippen LogP contribution < -0.4 is 0 Å². The Morgan fingerprint density at radius 3 is 2.05 bits per heavy atom. The molecule has 0 atom stereocenters. The lowest BCUT2D eigenvalue weighted by molar-refractivity contribution is -0.151. The molecule has 1 aliphatic heterocycles. The lowest BCUT2D eigenvalue weighted by Gasteiger charge is -2.34. The Labute approximate surface area is 127 Å². The first-order valence-corrected chi connectivity index (χ1v) is 8.05. The van der Waals surface area contributed by atoms with Gasteiger partial charge in [0.1, 0.15) is 0 Å². The molecule has 1 aromatic rings. The molecule has 1 saturated carbocycles. The molecule has 0 N–H and O–H groups in total. The molecule has 0 radical (unpaired) electrons. The van der Waals surface area contributed by atoms with E-state index in [2.05, 4.69) is 15.9 Å². The van der Waals surface area contributed by atoms with Crippen molar-refractivity contribution in [2.24, 2.45) is 0 Å². The monoisotopic (exact) mass is 335 g/mol. The number of carbonyl (C=O) groups is 2. The van der Waals surface area contributed by atoms with E-state index in [-0.39, 0.29) is 23.8 Å². The number of imide groups is 1. The predicted molar refractivity (Wildman–Crippen MR) is 80.2 cm³/mol. The van der Waals surface area contributed by atoms with Crippen LogP contribution in [0.25, 0.3) is 0 Å². The van der Waals surface area contributed by atoms with Crippen molar-refractivity contribution < 1.29 is 9.59 Å². The van der Waals surface area contributed by atoms with Gasteiger partial charge in [0.2, 0.25) is 11.8 Å². The standard InChI is InChI=1S/C16H18BrNO2/c17-13-7-5-11(6-8-13)12-9-15(19)18(16(20)10-12)14-3-1-2-4-14/h5-8,12,14H,1-4,9-10H2. The van der Waals surface area contributed by atoms with Crippen LogP contribution in [-0.4, -0.2) is 22.8 Å². The summed E-state index contributed by atoms with van der Waals surface area (Å²) in [6.07, 6.45) is 5.17. The third-order valence-corrected chi connectivity index (χ3v) is 4.94. The van der Waals surface area contributed by atoms with Crippen molar-refractivity contribution in [3.63, 3.8) is 0 Å². The first-order chi connectivity index (χ1) is 9.65. The molecule has 0 aromatic heterocycles. The number of benzene rings is 1. The molecule has 0 bridgehead atoms. The molecule has 0 unspecified atom stereocenters. The molecule has 1 aliphatic carbocycles. The molecule has 2 amide bonds.